The second-order valence-corrected chi connectivity index (χ2v) is 9.47. The first-order valence-electron chi connectivity index (χ1n) is 12.3. The minimum absolute atomic E-state index is 0. The van der Waals surface area contributed by atoms with Gasteiger partial charge in [-0.3, -0.25) is 24.0 Å². The van der Waals surface area contributed by atoms with Gasteiger partial charge >= 0.3 is 5.69 Å². The van der Waals surface area contributed by atoms with Gasteiger partial charge in [0.1, 0.15) is 5.82 Å². The number of nitro benzene ring substituents is 1. The summed E-state index contributed by atoms with van der Waals surface area (Å²) in [5.74, 6) is -0.389. The Bertz CT molecular complexity index is 1520. The van der Waals surface area contributed by atoms with Crippen molar-refractivity contribution in [3.05, 3.63) is 104 Å². The second kappa shape index (κ2) is 11.3. The second-order valence-electron chi connectivity index (χ2n) is 9.47. The van der Waals surface area contributed by atoms with E-state index in [0.717, 1.165) is 42.5 Å². The molecule has 0 unspecified atom stereocenters. The molecule has 0 bridgehead atoms. The van der Waals surface area contributed by atoms with Crippen LogP contribution in [0.3, 0.4) is 0 Å². The topological polar surface area (TPSA) is 90.4 Å². The first-order chi connectivity index (χ1) is 17.8. The Kier molecular flexibility index (Phi) is 8.08. The molecular formula is C28H28ClFN4O4. The van der Waals surface area contributed by atoms with E-state index in [1.165, 1.54) is 24.3 Å². The van der Waals surface area contributed by atoms with Crippen LogP contribution in [-0.4, -0.2) is 44.4 Å². The Morgan fingerprint density at radius 2 is 1.66 bits per heavy atom. The Balaban J connectivity index is 0.00000336. The van der Waals surface area contributed by atoms with E-state index in [1.807, 2.05) is 25.1 Å². The number of carbonyl (C=O) groups excluding carboxylic acids is 1. The fourth-order valence-electron chi connectivity index (χ4n) is 5.16. The maximum Gasteiger partial charge on any atom is 0.333 e. The van der Waals surface area contributed by atoms with E-state index in [-0.39, 0.29) is 41.3 Å². The van der Waals surface area contributed by atoms with Crippen LogP contribution in [0.25, 0.3) is 16.7 Å². The Labute approximate surface area is 224 Å². The molecule has 0 aliphatic carbocycles. The van der Waals surface area contributed by atoms with E-state index in [2.05, 4.69) is 4.90 Å². The van der Waals surface area contributed by atoms with Crippen LogP contribution in [0.1, 0.15) is 28.8 Å². The first kappa shape index (κ1) is 27.2. The number of rotatable bonds is 7. The van der Waals surface area contributed by atoms with Crippen LogP contribution >= 0.6 is 12.4 Å². The lowest BCUT2D eigenvalue weighted by Gasteiger charge is -2.31. The molecule has 4 aromatic rings. The maximum atomic E-state index is 13.6. The molecule has 38 heavy (non-hydrogen) atoms. The highest BCUT2D eigenvalue weighted by molar-refractivity contribution is 5.97. The summed E-state index contributed by atoms with van der Waals surface area (Å²) in [6.45, 7) is 4.57. The van der Waals surface area contributed by atoms with Crippen LogP contribution in [0.2, 0.25) is 0 Å². The third-order valence-electron chi connectivity index (χ3n) is 7.20. The zero-order chi connectivity index (χ0) is 26.1. The molecule has 0 spiro atoms. The standard InChI is InChI=1S/C28H27FN4O4.ClH/c1-19-3-2-4-25-26(19)32(23-9-11-24(12-10-23)33(36)37)28(35)31(25)18-17-30-15-13-21(14-16-30)27(34)20-5-7-22(29)8-6-20;/h2-12,21H,13-18H2,1H3;1H. The van der Waals surface area contributed by atoms with Crippen molar-refractivity contribution < 1.29 is 14.1 Å². The Morgan fingerprint density at radius 1 is 1.00 bits per heavy atom. The number of likely N-dealkylation sites (tertiary alicyclic amines) is 1. The van der Waals surface area contributed by atoms with E-state index in [4.69, 9.17) is 0 Å². The van der Waals surface area contributed by atoms with Gasteiger partial charge in [0, 0.05) is 36.7 Å². The minimum Gasteiger partial charge on any atom is -0.302 e. The zero-order valence-corrected chi connectivity index (χ0v) is 21.7. The number of benzene rings is 3. The largest absolute Gasteiger partial charge is 0.333 e. The smallest absolute Gasteiger partial charge is 0.302 e. The molecule has 0 amide bonds. The zero-order valence-electron chi connectivity index (χ0n) is 20.9. The van der Waals surface area contributed by atoms with Crippen LogP contribution in [0, 0.1) is 28.8 Å². The Hall–Kier alpha value is -3.82. The normalized spacial score (nSPS) is 14.4. The van der Waals surface area contributed by atoms with Gasteiger partial charge in [0.2, 0.25) is 0 Å². The fraction of sp³-hybridized carbons (Fsp3) is 0.286. The number of halogens is 2. The number of nitrogens with zero attached hydrogens (tertiary/aromatic N) is 4. The average Bonchev–Trinajstić information content (AvgIpc) is 3.20. The molecular weight excluding hydrogens is 511 g/mol. The molecule has 198 valence electrons. The summed E-state index contributed by atoms with van der Waals surface area (Å²) in [6.07, 6.45) is 1.43. The van der Waals surface area contributed by atoms with Crippen LogP contribution in [0.4, 0.5) is 10.1 Å². The molecule has 1 aromatic heterocycles. The SMILES string of the molecule is Cc1cccc2c1n(-c1ccc([N+](=O)[O-])cc1)c(=O)n2CCN1CCC(C(=O)c2ccc(F)cc2)CC1.Cl. The summed E-state index contributed by atoms with van der Waals surface area (Å²) in [6, 6.07) is 17.5. The van der Waals surface area contributed by atoms with E-state index in [9.17, 15) is 24.1 Å². The van der Waals surface area contributed by atoms with Gasteiger partial charge in [-0.2, -0.15) is 0 Å². The number of hydrogen-bond donors (Lipinski definition) is 0. The summed E-state index contributed by atoms with van der Waals surface area (Å²) < 4.78 is 16.6. The monoisotopic (exact) mass is 538 g/mol. The number of para-hydroxylation sites is 1. The predicted molar refractivity (Wildman–Crippen MR) is 146 cm³/mol. The van der Waals surface area contributed by atoms with Crippen molar-refractivity contribution >= 4 is 34.9 Å². The van der Waals surface area contributed by atoms with E-state index in [0.29, 0.717) is 24.3 Å². The van der Waals surface area contributed by atoms with Gasteiger partial charge in [0.15, 0.2) is 5.78 Å². The van der Waals surface area contributed by atoms with Crippen LogP contribution in [0.5, 0.6) is 0 Å². The van der Waals surface area contributed by atoms with Crippen molar-refractivity contribution in [1.29, 1.82) is 0 Å². The highest BCUT2D eigenvalue weighted by Crippen LogP contribution is 2.24. The van der Waals surface area contributed by atoms with Crippen molar-refractivity contribution in [2.24, 2.45) is 5.92 Å². The number of hydrogen-bond acceptors (Lipinski definition) is 5. The molecule has 0 radical (unpaired) electrons. The molecule has 10 heteroatoms. The Morgan fingerprint density at radius 3 is 2.29 bits per heavy atom. The number of ketones is 1. The predicted octanol–water partition coefficient (Wildman–Crippen LogP) is 5.16. The average molecular weight is 539 g/mol. The lowest BCUT2D eigenvalue weighted by atomic mass is 9.89. The molecule has 0 saturated carbocycles. The number of imidazole rings is 1. The van der Waals surface area contributed by atoms with Crippen LogP contribution < -0.4 is 5.69 Å². The summed E-state index contributed by atoms with van der Waals surface area (Å²) in [5.41, 5.74) is 3.43. The summed E-state index contributed by atoms with van der Waals surface area (Å²) in [5, 5.41) is 11.1. The molecule has 2 heterocycles. The van der Waals surface area contributed by atoms with E-state index < -0.39 is 4.92 Å². The summed E-state index contributed by atoms with van der Waals surface area (Å²) in [7, 11) is 0. The van der Waals surface area contributed by atoms with Gasteiger partial charge in [-0.1, -0.05) is 12.1 Å². The fourth-order valence-corrected chi connectivity index (χ4v) is 5.16. The van der Waals surface area contributed by atoms with Crippen molar-refractivity contribution in [1.82, 2.24) is 14.0 Å². The number of Topliss-reactive ketones (excluding diaryl/α,β-unsaturated/α-hetero) is 1. The highest BCUT2D eigenvalue weighted by atomic mass is 35.5. The molecule has 1 aliphatic rings. The molecule has 3 aromatic carbocycles. The van der Waals surface area contributed by atoms with Crippen molar-refractivity contribution in [3.8, 4) is 5.69 Å². The molecule has 0 N–H and O–H groups in total. The maximum absolute atomic E-state index is 13.6. The number of aromatic nitrogens is 2. The van der Waals surface area contributed by atoms with Gasteiger partial charge < -0.3 is 4.90 Å². The highest BCUT2D eigenvalue weighted by Gasteiger charge is 2.26. The third-order valence-corrected chi connectivity index (χ3v) is 7.20. The van der Waals surface area contributed by atoms with E-state index in [1.54, 1.807) is 33.4 Å². The number of non-ortho nitro benzene ring substituents is 1. The van der Waals surface area contributed by atoms with Gasteiger partial charge in [-0.25, -0.2) is 9.18 Å². The molecule has 5 rings (SSSR count). The lowest BCUT2D eigenvalue weighted by molar-refractivity contribution is -0.384. The number of aryl methyl sites for hydroxylation is 1. The van der Waals surface area contributed by atoms with Crippen molar-refractivity contribution in [3.63, 3.8) is 0 Å². The van der Waals surface area contributed by atoms with Gasteiger partial charge in [-0.15, -0.1) is 12.4 Å². The quantitative estimate of drug-likeness (QED) is 0.184. The number of carbonyl (C=O) groups is 1. The van der Waals surface area contributed by atoms with Crippen molar-refractivity contribution in [2.45, 2.75) is 26.3 Å². The molecule has 0 atom stereocenters. The molecule has 8 nitrogen and oxygen atoms in total. The van der Waals surface area contributed by atoms with Gasteiger partial charge in [0.05, 0.1) is 21.6 Å². The number of nitro groups is 1. The molecule has 1 fully saturated rings. The number of fused-ring (bicyclic) bond motifs is 1. The summed E-state index contributed by atoms with van der Waals surface area (Å²) >= 11 is 0. The van der Waals surface area contributed by atoms with Crippen LogP contribution in [-0.2, 0) is 6.54 Å². The van der Waals surface area contributed by atoms with Crippen LogP contribution in [0.15, 0.2) is 71.5 Å². The first-order valence-corrected chi connectivity index (χ1v) is 12.3. The number of piperidine rings is 1. The minimum atomic E-state index is -0.461. The summed E-state index contributed by atoms with van der Waals surface area (Å²) in [4.78, 5) is 39.2. The lowest BCUT2D eigenvalue weighted by Crippen LogP contribution is -2.39. The van der Waals surface area contributed by atoms with Crippen molar-refractivity contribution in [2.75, 3.05) is 19.6 Å². The third kappa shape index (κ3) is 5.25. The van der Waals surface area contributed by atoms with Gasteiger partial charge in [-0.05, 0) is 80.9 Å². The molecule has 1 aliphatic heterocycles. The van der Waals surface area contributed by atoms with E-state index >= 15 is 0 Å². The van der Waals surface area contributed by atoms with Gasteiger partial charge in [0.25, 0.3) is 5.69 Å². The molecule has 1 saturated heterocycles.